The summed E-state index contributed by atoms with van der Waals surface area (Å²) < 4.78 is 0. The minimum Gasteiger partial charge on any atom is -0.383 e. The van der Waals surface area contributed by atoms with Crippen LogP contribution in [0, 0.1) is 13.8 Å². The molecule has 15 heavy (non-hydrogen) atoms. The minimum absolute atomic E-state index is 0.663. The molecule has 1 rings (SSSR count). The molecule has 0 saturated carbocycles. The van der Waals surface area contributed by atoms with E-state index in [2.05, 4.69) is 16.9 Å². The van der Waals surface area contributed by atoms with Gasteiger partial charge in [0.2, 0.25) is 0 Å². The van der Waals surface area contributed by atoms with Crippen LogP contribution in [0.15, 0.2) is 0 Å². The molecule has 0 atom stereocenters. The Morgan fingerprint density at radius 1 is 1.07 bits per heavy atom. The van der Waals surface area contributed by atoms with Gasteiger partial charge >= 0.3 is 0 Å². The first kappa shape index (κ1) is 12.0. The lowest BCUT2D eigenvalue weighted by Crippen LogP contribution is -2.05. The van der Waals surface area contributed by atoms with E-state index in [1.54, 1.807) is 0 Å². The number of nitrogen functional groups attached to an aromatic ring is 1. The molecule has 3 nitrogen and oxygen atoms in total. The van der Waals surface area contributed by atoms with E-state index in [1.165, 1.54) is 25.7 Å². The average Bonchev–Trinajstić information content (AvgIpc) is 2.15. The number of hydrogen-bond acceptors (Lipinski definition) is 3. The third-order valence-electron chi connectivity index (χ3n) is 2.64. The summed E-state index contributed by atoms with van der Waals surface area (Å²) in [7, 11) is 0. The van der Waals surface area contributed by atoms with Crippen molar-refractivity contribution in [3.63, 3.8) is 0 Å². The highest BCUT2D eigenvalue weighted by molar-refractivity contribution is 5.41. The molecule has 0 spiro atoms. The highest BCUT2D eigenvalue weighted by Gasteiger charge is 2.06. The number of nitrogens with two attached hydrogens (primary N) is 1. The van der Waals surface area contributed by atoms with Crippen LogP contribution in [0.5, 0.6) is 0 Å². The van der Waals surface area contributed by atoms with Gasteiger partial charge in [0.1, 0.15) is 11.6 Å². The number of hydrogen-bond donors (Lipinski definition) is 1. The van der Waals surface area contributed by atoms with Gasteiger partial charge in [0.15, 0.2) is 0 Å². The number of aryl methyl sites for hydroxylation is 2. The lowest BCUT2D eigenvalue weighted by atomic mass is 10.1. The molecule has 2 N–H and O–H groups in total. The van der Waals surface area contributed by atoms with Crippen LogP contribution in [-0.2, 0) is 6.42 Å². The highest BCUT2D eigenvalue weighted by atomic mass is 14.9. The largest absolute Gasteiger partial charge is 0.383 e. The van der Waals surface area contributed by atoms with E-state index in [-0.39, 0.29) is 0 Å². The molecular formula is C12H21N3. The van der Waals surface area contributed by atoms with Crippen molar-refractivity contribution in [1.29, 1.82) is 0 Å². The zero-order valence-corrected chi connectivity index (χ0v) is 10.0. The summed E-state index contributed by atoms with van der Waals surface area (Å²) in [6.45, 7) is 6.11. The Hall–Kier alpha value is -1.12. The Balaban J connectivity index is 2.60. The molecule has 0 bridgehead atoms. The van der Waals surface area contributed by atoms with Crippen molar-refractivity contribution < 1.29 is 0 Å². The van der Waals surface area contributed by atoms with Crippen molar-refractivity contribution in [3.05, 3.63) is 17.1 Å². The SMILES string of the molecule is CCCCCCc1c(C)nc(C)nc1N. The summed E-state index contributed by atoms with van der Waals surface area (Å²) in [6.07, 6.45) is 6.02. The van der Waals surface area contributed by atoms with Gasteiger partial charge in [0, 0.05) is 11.3 Å². The van der Waals surface area contributed by atoms with E-state index >= 15 is 0 Å². The molecule has 0 aliphatic carbocycles. The van der Waals surface area contributed by atoms with Gasteiger partial charge in [0.05, 0.1) is 0 Å². The quantitative estimate of drug-likeness (QED) is 0.755. The molecule has 3 heteroatoms. The highest BCUT2D eigenvalue weighted by Crippen LogP contribution is 2.16. The second kappa shape index (κ2) is 5.69. The standard InChI is InChI=1S/C12H21N3/c1-4-5-6-7-8-11-9(2)14-10(3)15-12(11)13/h4-8H2,1-3H3,(H2,13,14,15). The van der Waals surface area contributed by atoms with Gasteiger partial charge in [-0.3, -0.25) is 0 Å². The van der Waals surface area contributed by atoms with Crippen LogP contribution < -0.4 is 5.73 Å². The average molecular weight is 207 g/mol. The lowest BCUT2D eigenvalue weighted by molar-refractivity contribution is 0.663. The first-order valence-corrected chi connectivity index (χ1v) is 5.74. The fourth-order valence-electron chi connectivity index (χ4n) is 1.80. The molecule has 1 heterocycles. The van der Waals surface area contributed by atoms with E-state index in [0.717, 1.165) is 23.5 Å². The van der Waals surface area contributed by atoms with Gasteiger partial charge in [-0.05, 0) is 26.7 Å². The van der Waals surface area contributed by atoms with E-state index in [0.29, 0.717) is 5.82 Å². The number of unbranched alkanes of at least 4 members (excludes halogenated alkanes) is 3. The molecule has 0 saturated heterocycles. The van der Waals surface area contributed by atoms with Crippen LogP contribution in [0.25, 0.3) is 0 Å². The lowest BCUT2D eigenvalue weighted by Gasteiger charge is -2.08. The van der Waals surface area contributed by atoms with Gasteiger partial charge in [-0.25, -0.2) is 9.97 Å². The van der Waals surface area contributed by atoms with Gasteiger partial charge < -0.3 is 5.73 Å². The molecule has 0 unspecified atom stereocenters. The van der Waals surface area contributed by atoms with Crippen molar-refractivity contribution in [1.82, 2.24) is 9.97 Å². The van der Waals surface area contributed by atoms with Crippen LogP contribution in [0.2, 0.25) is 0 Å². The van der Waals surface area contributed by atoms with Crippen molar-refractivity contribution in [2.75, 3.05) is 5.73 Å². The van der Waals surface area contributed by atoms with Crippen molar-refractivity contribution in [3.8, 4) is 0 Å². The van der Waals surface area contributed by atoms with Gasteiger partial charge in [-0.15, -0.1) is 0 Å². The first-order valence-electron chi connectivity index (χ1n) is 5.74. The molecule has 1 aromatic heterocycles. The van der Waals surface area contributed by atoms with Crippen molar-refractivity contribution in [2.24, 2.45) is 0 Å². The maximum absolute atomic E-state index is 5.89. The van der Waals surface area contributed by atoms with E-state index in [4.69, 9.17) is 5.73 Å². The first-order chi connectivity index (χ1) is 7.15. The predicted octanol–water partition coefficient (Wildman–Crippen LogP) is 2.80. The molecule has 0 aliphatic rings. The topological polar surface area (TPSA) is 51.8 Å². The predicted molar refractivity (Wildman–Crippen MR) is 63.8 cm³/mol. The summed E-state index contributed by atoms with van der Waals surface area (Å²) in [6, 6.07) is 0. The zero-order chi connectivity index (χ0) is 11.3. The molecule has 0 aromatic carbocycles. The Bertz CT molecular complexity index is 298. The third-order valence-corrected chi connectivity index (χ3v) is 2.64. The summed E-state index contributed by atoms with van der Waals surface area (Å²) in [5.74, 6) is 1.43. The zero-order valence-electron chi connectivity index (χ0n) is 10.0. The normalized spacial score (nSPS) is 10.6. The second-order valence-electron chi connectivity index (χ2n) is 4.03. The van der Waals surface area contributed by atoms with Gasteiger partial charge in [-0.2, -0.15) is 0 Å². The molecule has 1 aromatic rings. The maximum atomic E-state index is 5.89. The number of aromatic nitrogens is 2. The molecule has 0 aliphatic heterocycles. The Morgan fingerprint density at radius 2 is 1.80 bits per heavy atom. The van der Waals surface area contributed by atoms with Crippen LogP contribution in [-0.4, -0.2) is 9.97 Å². The molecular weight excluding hydrogens is 186 g/mol. The fourth-order valence-corrected chi connectivity index (χ4v) is 1.80. The van der Waals surface area contributed by atoms with E-state index in [9.17, 15) is 0 Å². The monoisotopic (exact) mass is 207 g/mol. The van der Waals surface area contributed by atoms with Crippen molar-refractivity contribution >= 4 is 5.82 Å². The van der Waals surface area contributed by atoms with Gasteiger partial charge in [0.25, 0.3) is 0 Å². The van der Waals surface area contributed by atoms with Crippen LogP contribution >= 0.6 is 0 Å². The van der Waals surface area contributed by atoms with Crippen LogP contribution in [0.3, 0.4) is 0 Å². The minimum atomic E-state index is 0.663. The third kappa shape index (κ3) is 3.50. The van der Waals surface area contributed by atoms with E-state index in [1.807, 2.05) is 13.8 Å². The summed E-state index contributed by atoms with van der Waals surface area (Å²) in [5.41, 5.74) is 8.06. The molecule has 0 radical (unpaired) electrons. The number of nitrogens with zero attached hydrogens (tertiary/aromatic N) is 2. The van der Waals surface area contributed by atoms with Crippen LogP contribution in [0.4, 0.5) is 5.82 Å². The molecule has 0 fully saturated rings. The Morgan fingerprint density at radius 3 is 2.40 bits per heavy atom. The van der Waals surface area contributed by atoms with E-state index < -0.39 is 0 Å². The maximum Gasteiger partial charge on any atom is 0.130 e. The summed E-state index contributed by atoms with van der Waals surface area (Å²) in [4.78, 5) is 8.54. The smallest absolute Gasteiger partial charge is 0.130 e. The number of rotatable bonds is 5. The Kier molecular flexibility index (Phi) is 4.53. The fraction of sp³-hybridized carbons (Fsp3) is 0.667. The number of anilines is 1. The van der Waals surface area contributed by atoms with Crippen molar-refractivity contribution in [2.45, 2.75) is 52.9 Å². The van der Waals surface area contributed by atoms with Crippen LogP contribution in [0.1, 0.15) is 49.7 Å². The molecule has 0 amide bonds. The second-order valence-corrected chi connectivity index (χ2v) is 4.03. The Labute approximate surface area is 92.1 Å². The molecule has 84 valence electrons. The summed E-state index contributed by atoms with van der Waals surface area (Å²) in [5, 5.41) is 0. The summed E-state index contributed by atoms with van der Waals surface area (Å²) >= 11 is 0. The van der Waals surface area contributed by atoms with Gasteiger partial charge in [-0.1, -0.05) is 26.2 Å².